The summed E-state index contributed by atoms with van der Waals surface area (Å²) in [5.41, 5.74) is 0. The minimum atomic E-state index is -0.765. The van der Waals surface area contributed by atoms with Crippen LogP contribution < -0.4 is 0 Å². The van der Waals surface area contributed by atoms with Crippen LogP contribution in [0.25, 0.3) is 0 Å². The Morgan fingerprint density at radius 2 is 1.68 bits per heavy atom. The summed E-state index contributed by atoms with van der Waals surface area (Å²) >= 11 is 0. The fraction of sp³-hybridized carbons (Fsp3) is 0.737. The average molecular weight is 354 g/mol. The van der Waals surface area contributed by atoms with Crippen molar-refractivity contribution in [2.75, 3.05) is 13.2 Å². The summed E-state index contributed by atoms with van der Waals surface area (Å²) in [4.78, 5) is 34.6. The molecule has 0 amide bonds. The lowest BCUT2D eigenvalue weighted by Crippen LogP contribution is -2.20. The molecule has 0 aromatic rings. The highest BCUT2D eigenvalue weighted by Crippen LogP contribution is 2.20. The number of rotatable bonds is 11. The van der Waals surface area contributed by atoms with Crippen molar-refractivity contribution in [1.82, 2.24) is 0 Å². The maximum absolute atomic E-state index is 11.6. The number of carbonyl (C=O) groups is 3. The Bertz CT molecular complexity index is 451. The molecule has 0 radical (unpaired) electrons. The number of hydrogen-bond donors (Lipinski definition) is 0. The highest BCUT2D eigenvalue weighted by atomic mass is 16.6. The van der Waals surface area contributed by atoms with E-state index in [0.717, 1.165) is 63.5 Å². The Balaban J connectivity index is 2.18. The van der Waals surface area contributed by atoms with Crippen LogP contribution in [-0.2, 0) is 28.6 Å². The quantitative estimate of drug-likeness (QED) is 0.322. The molecule has 142 valence electrons. The van der Waals surface area contributed by atoms with Crippen molar-refractivity contribution in [3.05, 3.63) is 12.2 Å². The van der Waals surface area contributed by atoms with Gasteiger partial charge in [-0.2, -0.15) is 0 Å². The van der Waals surface area contributed by atoms with E-state index in [-0.39, 0.29) is 6.10 Å². The summed E-state index contributed by atoms with van der Waals surface area (Å²) in [6, 6.07) is 0. The summed E-state index contributed by atoms with van der Waals surface area (Å²) in [7, 11) is 0. The number of esters is 3. The first-order valence-electron chi connectivity index (χ1n) is 9.26. The van der Waals surface area contributed by atoms with Crippen molar-refractivity contribution in [2.45, 2.75) is 71.3 Å². The highest BCUT2D eigenvalue weighted by Gasteiger charge is 2.19. The standard InChI is InChI=1S/C19H30O6/c1-3-5-8-15(4-2)13-23-17(20)11-12-18(21)24-14-19(22)25-16-9-6-7-10-16/h11-12,15-16H,3-10,13-14H2,1-2H3/b12-11+. The summed E-state index contributed by atoms with van der Waals surface area (Å²) in [6.07, 6.45) is 9.96. The van der Waals surface area contributed by atoms with Gasteiger partial charge in [-0.3, -0.25) is 0 Å². The number of hydrogen-bond acceptors (Lipinski definition) is 6. The molecule has 1 atom stereocenters. The van der Waals surface area contributed by atoms with Crippen LogP contribution in [0.2, 0.25) is 0 Å². The molecule has 0 aliphatic heterocycles. The van der Waals surface area contributed by atoms with E-state index >= 15 is 0 Å². The molecule has 1 saturated carbocycles. The third-order valence-electron chi connectivity index (χ3n) is 4.29. The lowest BCUT2D eigenvalue weighted by molar-refractivity contribution is -0.159. The molecule has 6 heteroatoms. The minimum absolute atomic E-state index is 0.0593. The zero-order valence-corrected chi connectivity index (χ0v) is 15.3. The van der Waals surface area contributed by atoms with Crippen LogP contribution in [-0.4, -0.2) is 37.2 Å². The largest absolute Gasteiger partial charge is 0.462 e. The van der Waals surface area contributed by atoms with Crippen LogP contribution in [0.4, 0.5) is 0 Å². The minimum Gasteiger partial charge on any atom is -0.462 e. The Morgan fingerprint density at radius 3 is 2.28 bits per heavy atom. The van der Waals surface area contributed by atoms with E-state index in [1.165, 1.54) is 0 Å². The predicted molar refractivity (Wildman–Crippen MR) is 92.7 cm³/mol. The second-order valence-corrected chi connectivity index (χ2v) is 6.38. The van der Waals surface area contributed by atoms with Crippen LogP contribution in [0.1, 0.15) is 65.2 Å². The first-order chi connectivity index (χ1) is 12.0. The molecule has 6 nitrogen and oxygen atoms in total. The van der Waals surface area contributed by atoms with Crippen molar-refractivity contribution in [3.63, 3.8) is 0 Å². The SMILES string of the molecule is CCCCC(CC)COC(=O)/C=C/C(=O)OCC(=O)OC1CCCC1. The zero-order valence-electron chi connectivity index (χ0n) is 15.3. The van der Waals surface area contributed by atoms with Crippen molar-refractivity contribution in [3.8, 4) is 0 Å². The van der Waals surface area contributed by atoms with Crippen LogP contribution in [0.15, 0.2) is 12.2 Å². The van der Waals surface area contributed by atoms with E-state index in [1.54, 1.807) is 0 Å². The van der Waals surface area contributed by atoms with Gasteiger partial charge in [0.25, 0.3) is 0 Å². The second kappa shape index (κ2) is 12.5. The first kappa shape index (κ1) is 21.2. The number of unbranched alkanes of at least 4 members (excludes halogenated alkanes) is 1. The molecule has 0 heterocycles. The fourth-order valence-corrected chi connectivity index (χ4v) is 2.69. The molecule has 0 saturated heterocycles. The maximum atomic E-state index is 11.6. The molecular weight excluding hydrogens is 324 g/mol. The second-order valence-electron chi connectivity index (χ2n) is 6.38. The molecular formula is C19H30O6. The van der Waals surface area contributed by atoms with Gasteiger partial charge in [-0.1, -0.05) is 33.1 Å². The van der Waals surface area contributed by atoms with Gasteiger partial charge < -0.3 is 14.2 Å². The van der Waals surface area contributed by atoms with Gasteiger partial charge in [0.1, 0.15) is 6.10 Å². The Kier molecular flexibility index (Phi) is 10.6. The van der Waals surface area contributed by atoms with E-state index in [0.29, 0.717) is 12.5 Å². The topological polar surface area (TPSA) is 78.9 Å². The molecule has 0 aromatic heterocycles. The van der Waals surface area contributed by atoms with Gasteiger partial charge in [0.15, 0.2) is 6.61 Å². The van der Waals surface area contributed by atoms with Crippen molar-refractivity contribution in [2.24, 2.45) is 5.92 Å². The van der Waals surface area contributed by atoms with Crippen LogP contribution in [0.5, 0.6) is 0 Å². The van der Waals surface area contributed by atoms with Crippen molar-refractivity contribution >= 4 is 17.9 Å². The third-order valence-corrected chi connectivity index (χ3v) is 4.29. The molecule has 1 fully saturated rings. The molecule has 1 rings (SSSR count). The van der Waals surface area contributed by atoms with Crippen molar-refractivity contribution in [1.29, 1.82) is 0 Å². The zero-order chi connectivity index (χ0) is 18.5. The highest BCUT2D eigenvalue weighted by molar-refractivity contribution is 5.92. The Hall–Kier alpha value is -1.85. The Labute approximate surface area is 149 Å². The van der Waals surface area contributed by atoms with E-state index in [9.17, 15) is 14.4 Å². The lowest BCUT2D eigenvalue weighted by Gasteiger charge is -2.13. The molecule has 1 unspecified atom stereocenters. The summed E-state index contributed by atoms with van der Waals surface area (Å²) in [5.74, 6) is -1.56. The molecule has 0 bridgehead atoms. The van der Waals surface area contributed by atoms with E-state index in [4.69, 9.17) is 14.2 Å². The van der Waals surface area contributed by atoms with E-state index in [1.807, 2.05) is 0 Å². The van der Waals surface area contributed by atoms with E-state index in [2.05, 4.69) is 13.8 Å². The van der Waals surface area contributed by atoms with Gasteiger partial charge >= 0.3 is 17.9 Å². The Morgan fingerprint density at radius 1 is 1.04 bits per heavy atom. The van der Waals surface area contributed by atoms with Gasteiger partial charge in [0, 0.05) is 12.2 Å². The van der Waals surface area contributed by atoms with Crippen LogP contribution >= 0.6 is 0 Å². The van der Waals surface area contributed by atoms with E-state index < -0.39 is 24.5 Å². The first-order valence-corrected chi connectivity index (χ1v) is 9.26. The molecule has 0 N–H and O–H groups in total. The van der Waals surface area contributed by atoms with Gasteiger partial charge in [0.2, 0.25) is 0 Å². The fourth-order valence-electron chi connectivity index (χ4n) is 2.69. The maximum Gasteiger partial charge on any atom is 0.344 e. The van der Waals surface area contributed by atoms with Gasteiger partial charge in [-0.05, 0) is 38.0 Å². The number of ether oxygens (including phenoxy) is 3. The van der Waals surface area contributed by atoms with Gasteiger partial charge in [-0.25, -0.2) is 14.4 Å². The summed E-state index contributed by atoms with van der Waals surface area (Å²) in [6.45, 7) is 4.09. The average Bonchev–Trinajstić information content (AvgIpc) is 3.11. The van der Waals surface area contributed by atoms with Gasteiger partial charge in [-0.15, -0.1) is 0 Å². The third kappa shape index (κ3) is 9.89. The van der Waals surface area contributed by atoms with Crippen LogP contribution in [0.3, 0.4) is 0 Å². The smallest absolute Gasteiger partial charge is 0.344 e. The summed E-state index contributed by atoms with van der Waals surface area (Å²) < 4.78 is 15.1. The van der Waals surface area contributed by atoms with Gasteiger partial charge in [0.05, 0.1) is 6.61 Å². The molecule has 1 aliphatic rings. The normalized spacial score (nSPS) is 15.9. The van der Waals surface area contributed by atoms with Crippen LogP contribution in [0, 0.1) is 5.92 Å². The lowest BCUT2D eigenvalue weighted by atomic mass is 10.0. The molecule has 25 heavy (non-hydrogen) atoms. The molecule has 0 aromatic carbocycles. The molecule has 1 aliphatic carbocycles. The molecule has 0 spiro atoms. The number of carbonyl (C=O) groups excluding carboxylic acids is 3. The summed E-state index contributed by atoms with van der Waals surface area (Å²) in [5, 5.41) is 0. The van der Waals surface area contributed by atoms with Crippen molar-refractivity contribution < 1.29 is 28.6 Å². The predicted octanol–water partition coefficient (Wildman–Crippen LogP) is 3.33. The monoisotopic (exact) mass is 354 g/mol.